The van der Waals surface area contributed by atoms with Crippen molar-refractivity contribution in [2.45, 2.75) is 45.2 Å². The molecule has 1 aliphatic heterocycles. The van der Waals surface area contributed by atoms with Gasteiger partial charge in [0, 0.05) is 12.2 Å². The van der Waals surface area contributed by atoms with Gasteiger partial charge in [-0.15, -0.1) is 0 Å². The van der Waals surface area contributed by atoms with E-state index < -0.39 is 30.1 Å². The van der Waals surface area contributed by atoms with Crippen LogP contribution in [0.4, 0.5) is 23.2 Å². The highest BCUT2D eigenvalue weighted by atomic mass is 19.3. The Morgan fingerprint density at radius 1 is 0.970 bits per heavy atom. The first-order valence-corrected chi connectivity index (χ1v) is 10.7. The van der Waals surface area contributed by atoms with Crippen LogP contribution in [0.1, 0.15) is 65.4 Å². The minimum atomic E-state index is -2.97. The monoisotopic (exact) mass is 464 g/mol. The number of aromatic nitrogens is 2. The van der Waals surface area contributed by atoms with Crippen molar-refractivity contribution >= 4 is 11.6 Å². The summed E-state index contributed by atoms with van der Waals surface area (Å²) in [6, 6.07) is 11.0. The lowest BCUT2D eigenvalue weighted by Gasteiger charge is -2.26. The molecule has 3 heterocycles. The number of carbonyl (C=O) groups is 1. The summed E-state index contributed by atoms with van der Waals surface area (Å²) in [4.78, 5) is 14.9. The lowest BCUT2D eigenvalue weighted by atomic mass is 10.1. The number of amides is 1. The predicted molar refractivity (Wildman–Crippen MR) is 113 cm³/mol. The molecule has 1 aromatic carbocycles. The number of hydrogen-bond donors (Lipinski definition) is 1. The van der Waals surface area contributed by atoms with Gasteiger partial charge in [-0.3, -0.25) is 14.4 Å². The molecule has 0 radical (unpaired) electrons. The average molecular weight is 464 g/mol. The smallest absolute Gasteiger partial charge is 0.291 e. The normalized spacial score (nSPS) is 14.8. The van der Waals surface area contributed by atoms with Gasteiger partial charge in [0.15, 0.2) is 5.76 Å². The largest absolute Gasteiger partial charge is 0.454 e. The number of nitrogens with one attached hydrogen (secondary N) is 1. The predicted octanol–water partition coefficient (Wildman–Crippen LogP) is 5.64. The van der Waals surface area contributed by atoms with Crippen LogP contribution in [0.25, 0.3) is 0 Å². The molecule has 0 unspecified atom stereocenters. The van der Waals surface area contributed by atoms with Crippen molar-refractivity contribution in [1.29, 1.82) is 0 Å². The van der Waals surface area contributed by atoms with Crippen molar-refractivity contribution in [3.05, 3.63) is 70.9 Å². The molecule has 0 atom stereocenters. The summed E-state index contributed by atoms with van der Waals surface area (Å²) in [6.45, 7) is 2.77. The van der Waals surface area contributed by atoms with Crippen LogP contribution < -0.4 is 5.32 Å². The van der Waals surface area contributed by atoms with Gasteiger partial charge in [0.05, 0.1) is 6.54 Å². The van der Waals surface area contributed by atoms with Crippen LogP contribution in [0.15, 0.2) is 46.9 Å². The molecule has 1 amide bonds. The highest BCUT2D eigenvalue weighted by molar-refractivity contribution is 6.02. The Labute approximate surface area is 188 Å². The quantitative estimate of drug-likeness (QED) is 0.439. The van der Waals surface area contributed by atoms with Gasteiger partial charge in [0.2, 0.25) is 0 Å². The number of likely N-dealkylation sites (tertiary alicyclic amines) is 1. The average Bonchev–Trinajstić information content (AvgIpc) is 3.44. The van der Waals surface area contributed by atoms with E-state index in [2.05, 4.69) is 15.3 Å². The van der Waals surface area contributed by atoms with E-state index >= 15 is 0 Å². The van der Waals surface area contributed by atoms with Crippen molar-refractivity contribution in [1.82, 2.24) is 14.7 Å². The molecule has 2 aromatic heterocycles. The van der Waals surface area contributed by atoms with Gasteiger partial charge in [0.1, 0.15) is 17.1 Å². The van der Waals surface area contributed by atoms with E-state index in [-0.39, 0.29) is 18.1 Å². The van der Waals surface area contributed by atoms with Crippen LogP contribution >= 0.6 is 0 Å². The van der Waals surface area contributed by atoms with Crippen LogP contribution in [0, 0.1) is 0 Å². The first-order chi connectivity index (χ1) is 15.9. The summed E-state index contributed by atoms with van der Waals surface area (Å²) in [6.07, 6.45) is -2.22. The fourth-order valence-electron chi connectivity index (χ4n) is 3.86. The summed E-state index contributed by atoms with van der Waals surface area (Å²) in [5, 5.41) is 6.25. The van der Waals surface area contributed by atoms with Gasteiger partial charge in [-0.25, -0.2) is 17.6 Å². The minimum Gasteiger partial charge on any atom is -0.454 e. The Bertz CT molecular complexity index is 1070. The van der Waals surface area contributed by atoms with E-state index in [1.165, 1.54) is 31.4 Å². The molecule has 1 aliphatic rings. The number of anilines is 1. The number of benzene rings is 1. The number of alkyl halides is 4. The van der Waals surface area contributed by atoms with Crippen molar-refractivity contribution in [2.75, 3.05) is 18.4 Å². The first-order valence-electron chi connectivity index (χ1n) is 10.7. The molecular weight excluding hydrogens is 440 g/mol. The number of nitrogens with zero attached hydrogens (tertiary/aromatic N) is 3. The minimum absolute atomic E-state index is 0.0257. The molecule has 33 heavy (non-hydrogen) atoms. The van der Waals surface area contributed by atoms with Gasteiger partial charge in [-0.2, -0.15) is 5.10 Å². The summed E-state index contributed by atoms with van der Waals surface area (Å²) in [5.41, 5.74) is 0.372. The Balaban J connectivity index is 1.37. The highest BCUT2D eigenvalue weighted by Gasteiger charge is 2.22. The van der Waals surface area contributed by atoms with E-state index in [1.54, 1.807) is 0 Å². The van der Waals surface area contributed by atoms with Crippen molar-refractivity contribution < 1.29 is 26.8 Å². The number of carbonyl (C=O) groups excluding carboxylic acids is 1. The molecule has 0 spiro atoms. The first kappa shape index (κ1) is 23.0. The lowest BCUT2D eigenvalue weighted by Crippen LogP contribution is -2.29. The Morgan fingerprint density at radius 3 is 2.36 bits per heavy atom. The number of rotatable bonds is 8. The number of hydrogen-bond acceptors (Lipinski definition) is 4. The molecular formula is C23H24F4N4O2. The van der Waals surface area contributed by atoms with Gasteiger partial charge < -0.3 is 9.73 Å². The summed E-state index contributed by atoms with van der Waals surface area (Å²) in [5.74, 6) is -0.391. The topological polar surface area (TPSA) is 63.3 Å². The van der Waals surface area contributed by atoms with Crippen LogP contribution in [0.3, 0.4) is 0 Å². The molecule has 1 fully saturated rings. The highest BCUT2D eigenvalue weighted by Crippen LogP contribution is 2.26. The number of furan rings is 1. The van der Waals surface area contributed by atoms with Crippen LogP contribution in [-0.2, 0) is 13.1 Å². The standard InChI is InChI=1S/C23H24F4N4O2/c24-21(25)18-12-19(22(26)27)31(29-18)14-17-8-9-20(33-17)23(32)28-16-6-4-15(5-7-16)13-30-10-2-1-3-11-30/h4-9,12,21-22H,1-3,10-11,13-14H2,(H,28,32). The molecule has 1 N–H and O–H groups in total. The fourth-order valence-corrected chi connectivity index (χ4v) is 3.86. The van der Waals surface area contributed by atoms with E-state index in [1.807, 2.05) is 24.3 Å². The van der Waals surface area contributed by atoms with Crippen LogP contribution in [-0.4, -0.2) is 33.7 Å². The second-order valence-corrected chi connectivity index (χ2v) is 8.01. The molecule has 176 valence electrons. The third-order valence-corrected chi connectivity index (χ3v) is 5.53. The molecule has 10 heteroatoms. The molecule has 6 nitrogen and oxygen atoms in total. The number of halogens is 4. The van der Waals surface area contributed by atoms with Crippen LogP contribution in [0.5, 0.6) is 0 Å². The summed E-state index contributed by atoms with van der Waals surface area (Å²) in [7, 11) is 0. The Hall–Kier alpha value is -3.14. The molecule has 0 bridgehead atoms. The summed E-state index contributed by atoms with van der Waals surface area (Å²) < 4.78 is 58.1. The summed E-state index contributed by atoms with van der Waals surface area (Å²) >= 11 is 0. The van der Waals surface area contributed by atoms with Crippen LogP contribution in [0.2, 0.25) is 0 Å². The van der Waals surface area contributed by atoms with Gasteiger partial charge in [0.25, 0.3) is 18.8 Å². The fraction of sp³-hybridized carbons (Fsp3) is 0.391. The Kier molecular flexibility index (Phi) is 7.12. The second kappa shape index (κ2) is 10.2. The molecule has 1 saturated heterocycles. The van der Waals surface area contributed by atoms with Crippen molar-refractivity contribution in [3.8, 4) is 0 Å². The SMILES string of the molecule is O=C(Nc1ccc(CN2CCCCC2)cc1)c1ccc(Cn2nc(C(F)F)cc2C(F)F)o1. The third kappa shape index (κ3) is 5.81. The van der Waals surface area contributed by atoms with Gasteiger partial charge in [-0.1, -0.05) is 18.6 Å². The maximum atomic E-state index is 13.1. The van der Waals surface area contributed by atoms with E-state index in [4.69, 9.17) is 4.42 Å². The van der Waals surface area contributed by atoms with Gasteiger partial charge in [-0.05, 0) is 61.8 Å². The maximum Gasteiger partial charge on any atom is 0.291 e. The molecule has 3 aromatic rings. The zero-order chi connectivity index (χ0) is 23.4. The maximum absolute atomic E-state index is 13.1. The number of piperidine rings is 1. The Morgan fingerprint density at radius 2 is 1.70 bits per heavy atom. The molecule has 0 saturated carbocycles. The third-order valence-electron chi connectivity index (χ3n) is 5.53. The molecule has 0 aliphatic carbocycles. The van der Waals surface area contributed by atoms with Gasteiger partial charge >= 0.3 is 0 Å². The van der Waals surface area contributed by atoms with E-state index in [0.29, 0.717) is 11.8 Å². The van der Waals surface area contributed by atoms with E-state index in [9.17, 15) is 22.4 Å². The zero-order valence-corrected chi connectivity index (χ0v) is 17.8. The second-order valence-electron chi connectivity index (χ2n) is 8.01. The van der Waals surface area contributed by atoms with E-state index in [0.717, 1.165) is 29.9 Å². The van der Waals surface area contributed by atoms with Crippen molar-refractivity contribution in [2.24, 2.45) is 0 Å². The van der Waals surface area contributed by atoms with Crippen molar-refractivity contribution in [3.63, 3.8) is 0 Å². The zero-order valence-electron chi connectivity index (χ0n) is 17.8. The lowest BCUT2D eigenvalue weighted by molar-refractivity contribution is 0.0994. The molecule has 4 rings (SSSR count).